The van der Waals surface area contributed by atoms with E-state index in [1.54, 1.807) is 0 Å². The molecule has 2 rings (SSSR count). The average molecular weight is 262 g/mol. The molecule has 1 heterocycles. The van der Waals surface area contributed by atoms with Crippen molar-refractivity contribution in [2.24, 2.45) is 0 Å². The van der Waals surface area contributed by atoms with Crippen molar-refractivity contribution < 1.29 is 17.6 Å². The first-order valence-corrected chi connectivity index (χ1v) is 5.75. The van der Waals surface area contributed by atoms with Gasteiger partial charge in [-0.2, -0.15) is 13.2 Å². The van der Waals surface area contributed by atoms with Crippen molar-refractivity contribution in [2.45, 2.75) is 12.2 Å². The van der Waals surface area contributed by atoms with Crippen LogP contribution in [0.25, 0.3) is 0 Å². The molecule has 100 valence electrons. The molecule has 0 aliphatic carbocycles. The minimum atomic E-state index is -4.35. The summed E-state index contributed by atoms with van der Waals surface area (Å²) in [5.74, 6) is -0.528. The highest BCUT2D eigenvalue weighted by molar-refractivity contribution is 5.21. The molecule has 1 N–H and O–H groups in total. The number of benzene rings is 1. The lowest BCUT2D eigenvalue weighted by molar-refractivity contribution is -0.187. The summed E-state index contributed by atoms with van der Waals surface area (Å²) in [6, 6.07) is 2.89. The molecule has 0 unspecified atom stereocenters. The van der Waals surface area contributed by atoms with Crippen LogP contribution in [0.15, 0.2) is 24.3 Å². The standard InChI is InChI=1S/C12H14F4N2/c13-10-3-1-9(2-4-10)11(12(14,15)16)18-7-5-17-6-8-18/h1-4,11,17H,5-8H2/t11-/m1/s1. The molecule has 1 aliphatic rings. The number of nitrogens with zero attached hydrogens (tertiary/aromatic N) is 1. The van der Waals surface area contributed by atoms with Gasteiger partial charge in [0.05, 0.1) is 0 Å². The van der Waals surface area contributed by atoms with Crippen LogP contribution < -0.4 is 5.32 Å². The summed E-state index contributed by atoms with van der Waals surface area (Å²) in [6.07, 6.45) is -4.35. The summed E-state index contributed by atoms with van der Waals surface area (Å²) in [4.78, 5) is 1.38. The van der Waals surface area contributed by atoms with E-state index >= 15 is 0 Å². The quantitative estimate of drug-likeness (QED) is 0.823. The van der Waals surface area contributed by atoms with Crippen molar-refractivity contribution in [2.75, 3.05) is 26.2 Å². The van der Waals surface area contributed by atoms with Gasteiger partial charge < -0.3 is 5.32 Å². The first-order valence-electron chi connectivity index (χ1n) is 5.75. The number of hydrogen-bond donors (Lipinski definition) is 1. The molecule has 0 amide bonds. The Kier molecular flexibility index (Phi) is 3.87. The van der Waals surface area contributed by atoms with Crippen LogP contribution in [-0.2, 0) is 0 Å². The first-order chi connectivity index (χ1) is 8.48. The number of rotatable bonds is 2. The molecular weight excluding hydrogens is 248 g/mol. The van der Waals surface area contributed by atoms with Gasteiger partial charge in [-0.3, -0.25) is 4.90 Å². The fourth-order valence-electron chi connectivity index (χ4n) is 2.19. The SMILES string of the molecule is Fc1ccc([C@@H](N2CCNCC2)C(F)(F)F)cc1. The highest BCUT2D eigenvalue weighted by atomic mass is 19.4. The van der Waals surface area contributed by atoms with E-state index in [0.29, 0.717) is 26.2 Å². The highest BCUT2D eigenvalue weighted by Gasteiger charge is 2.44. The Bertz CT molecular complexity index is 382. The maximum atomic E-state index is 13.1. The Morgan fingerprint density at radius 3 is 2.11 bits per heavy atom. The molecule has 1 aromatic carbocycles. The molecule has 0 bridgehead atoms. The van der Waals surface area contributed by atoms with Crippen molar-refractivity contribution in [3.8, 4) is 0 Å². The normalized spacial score (nSPS) is 19.8. The lowest BCUT2D eigenvalue weighted by atomic mass is 10.0. The van der Waals surface area contributed by atoms with Crippen molar-refractivity contribution in [3.05, 3.63) is 35.6 Å². The molecule has 0 aromatic heterocycles. The van der Waals surface area contributed by atoms with Crippen LogP contribution in [0, 0.1) is 5.82 Å². The van der Waals surface area contributed by atoms with Gasteiger partial charge in [0, 0.05) is 26.2 Å². The van der Waals surface area contributed by atoms with Crippen molar-refractivity contribution in [3.63, 3.8) is 0 Å². The molecule has 0 spiro atoms. The van der Waals surface area contributed by atoms with Crippen molar-refractivity contribution in [1.29, 1.82) is 0 Å². The van der Waals surface area contributed by atoms with Crippen LogP contribution in [0.4, 0.5) is 17.6 Å². The Morgan fingerprint density at radius 1 is 1.06 bits per heavy atom. The summed E-state index contributed by atoms with van der Waals surface area (Å²) >= 11 is 0. The number of alkyl halides is 3. The highest BCUT2D eigenvalue weighted by Crippen LogP contribution is 2.37. The predicted octanol–water partition coefficient (Wildman–Crippen LogP) is 2.33. The third kappa shape index (κ3) is 3.00. The van der Waals surface area contributed by atoms with Gasteiger partial charge in [-0.05, 0) is 17.7 Å². The number of nitrogens with one attached hydrogen (secondary N) is 1. The Labute approximate surface area is 103 Å². The average Bonchev–Trinajstić information content (AvgIpc) is 2.32. The summed E-state index contributed by atoms with van der Waals surface area (Å²) in [6.45, 7) is 1.74. The fourth-order valence-corrected chi connectivity index (χ4v) is 2.19. The van der Waals surface area contributed by atoms with E-state index in [1.807, 2.05) is 0 Å². The van der Waals surface area contributed by atoms with Crippen LogP contribution >= 0.6 is 0 Å². The van der Waals surface area contributed by atoms with Crippen molar-refractivity contribution in [1.82, 2.24) is 10.2 Å². The topological polar surface area (TPSA) is 15.3 Å². The van der Waals surface area contributed by atoms with Gasteiger partial charge in [-0.25, -0.2) is 4.39 Å². The Hall–Kier alpha value is -1.14. The zero-order valence-electron chi connectivity index (χ0n) is 9.67. The molecular formula is C12H14F4N2. The van der Waals surface area contributed by atoms with Crippen LogP contribution in [0.3, 0.4) is 0 Å². The minimum Gasteiger partial charge on any atom is -0.314 e. The van der Waals surface area contributed by atoms with Gasteiger partial charge in [-0.15, -0.1) is 0 Å². The van der Waals surface area contributed by atoms with Gasteiger partial charge >= 0.3 is 6.18 Å². The van der Waals surface area contributed by atoms with Gasteiger partial charge in [0.2, 0.25) is 0 Å². The summed E-state index contributed by atoms with van der Waals surface area (Å²) in [5, 5.41) is 3.01. The molecule has 1 fully saturated rings. The zero-order valence-corrected chi connectivity index (χ0v) is 9.67. The van der Waals surface area contributed by atoms with E-state index in [2.05, 4.69) is 5.32 Å². The van der Waals surface area contributed by atoms with Gasteiger partial charge in [0.25, 0.3) is 0 Å². The molecule has 0 radical (unpaired) electrons. The Balaban J connectivity index is 2.27. The number of piperazine rings is 1. The number of hydrogen-bond acceptors (Lipinski definition) is 2. The summed E-state index contributed by atoms with van der Waals surface area (Å²) < 4.78 is 52.2. The molecule has 18 heavy (non-hydrogen) atoms. The second-order valence-corrected chi connectivity index (χ2v) is 4.28. The largest absolute Gasteiger partial charge is 0.408 e. The molecule has 1 atom stereocenters. The Morgan fingerprint density at radius 2 is 1.61 bits per heavy atom. The maximum Gasteiger partial charge on any atom is 0.408 e. The van der Waals surface area contributed by atoms with Crippen LogP contribution in [0.5, 0.6) is 0 Å². The third-order valence-corrected chi connectivity index (χ3v) is 3.01. The maximum absolute atomic E-state index is 13.1. The molecule has 0 saturated carbocycles. The smallest absolute Gasteiger partial charge is 0.314 e. The second-order valence-electron chi connectivity index (χ2n) is 4.28. The summed E-state index contributed by atoms with van der Waals surface area (Å²) in [5.41, 5.74) is 0.0887. The first kappa shape index (κ1) is 13.3. The lowest BCUT2D eigenvalue weighted by Crippen LogP contribution is -2.49. The molecule has 2 nitrogen and oxygen atoms in total. The van der Waals surface area contributed by atoms with E-state index in [0.717, 1.165) is 12.1 Å². The molecule has 1 aliphatic heterocycles. The molecule has 6 heteroatoms. The lowest BCUT2D eigenvalue weighted by Gasteiger charge is -2.36. The van der Waals surface area contributed by atoms with Gasteiger partial charge in [0.1, 0.15) is 11.9 Å². The number of halogens is 4. The van der Waals surface area contributed by atoms with E-state index in [1.165, 1.54) is 17.0 Å². The van der Waals surface area contributed by atoms with Crippen LogP contribution in [-0.4, -0.2) is 37.3 Å². The fraction of sp³-hybridized carbons (Fsp3) is 0.500. The van der Waals surface area contributed by atoms with Crippen molar-refractivity contribution >= 4 is 0 Å². The molecule has 1 saturated heterocycles. The van der Waals surface area contributed by atoms with E-state index in [-0.39, 0.29) is 5.56 Å². The van der Waals surface area contributed by atoms with Crippen LogP contribution in [0.2, 0.25) is 0 Å². The van der Waals surface area contributed by atoms with Crippen LogP contribution in [0.1, 0.15) is 11.6 Å². The van der Waals surface area contributed by atoms with Gasteiger partial charge in [-0.1, -0.05) is 12.1 Å². The zero-order chi connectivity index (χ0) is 13.2. The van der Waals surface area contributed by atoms with E-state index in [9.17, 15) is 17.6 Å². The predicted molar refractivity (Wildman–Crippen MR) is 59.6 cm³/mol. The third-order valence-electron chi connectivity index (χ3n) is 3.01. The van der Waals surface area contributed by atoms with Gasteiger partial charge in [0.15, 0.2) is 0 Å². The minimum absolute atomic E-state index is 0.0887. The second kappa shape index (κ2) is 5.24. The molecule has 1 aromatic rings. The summed E-state index contributed by atoms with van der Waals surface area (Å²) in [7, 11) is 0. The van der Waals surface area contributed by atoms with E-state index in [4.69, 9.17) is 0 Å². The van der Waals surface area contributed by atoms with E-state index < -0.39 is 18.0 Å². The monoisotopic (exact) mass is 262 g/mol.